The maximum atomic E-state index is 13.5. The zero-order chi connectivity index (χ0) is 23.0. The van der Waals surface area contributed by atoms with Crippen molar-refractivity contribution in [2.45, 2.75) is 19.4 Å². The Morgan fingerprint density at radius 2 is 2.06 bits per heavy atom. The first kappa shape index (κ1) is 22.7. The molecule has 0 aliphatic carbocycles. The summed E-state index contributed by atoms with van der Waals surface area (Å²) >= 11 is 0. The molecule has 0 unspecified atom stereocenters. The number of aromatic nitrogens is 2. The summed E-state index contributed by atoms with van der Waals surface area (Å²) in [6, 6.07) is 13.8. The van der Waals surface area contributed by atoms with Crippen molar-refractivity contribution in [3.05, 3.63) is 83.4 Å². The lowest BCUT2D eigenvalue weighted by Crippen LogP contribution is -2.26. The number of halogens is 1. The number of aliphatic hydroxyl groups excluding tert-OH is 1. The molecule has 1 fully saturated rings. The van der Waals surface area contributed by atoms with Gasteiger partial charge in [-0.3, -0.25) is 9.78 Å². The summed E-state index contributed by atoms with van der Waals surface area (Å²) in [7, 11) is 0. The van der Waals surface area contributed by atoms with E-state index in [1.807, 2.05) is 24.3 Å². The van der Waals surface area contributed by atoms with E-state index in [1.54, 1.807) is 24.5 Å². The Balaban J connectivity index is 1.49. The van der Waals surface area contributed by atoms with E-state index in [4.69, 9.17) is 4.98 Å². The van der Waals surface area contributed by atoms with Crippen LogP contribution in [0.25, 0.3) is 0 Å². The number of aliphatic hydroxyl groups is 1. The molecule has 33 heavy (non-hydrogen) atoms. The zero-order valence-corrected chi connectivity index (χ0v) is 18.4. The van der Waals surface area contributed by atoms with Crippen LogP contribution < -0.4 is 15.5 Å². The molecule has 1 aromatic carbocycles. The minimum absolute atomic E-state index is 0.157. The van der Waals surface area contributed by atoms with E-state index >= 15 is 0 Å². The number of amides is 1. The van der Waals surface area contributed by atoms with Gasteiger partial charge in [0.25, 0.3) is 5.91 Å². The fraction of sp³-hybridized carbons (Fsp3) is 0.320. The third-order valence-electron chi connectivity index (χ3n) is 5.76. The summed E-state index contributed by atoms with van der Waals surface area (Å²) < 4.78 is 13.5. The Labute approximate surface area is 192 Å². The van der Waals surface area contributed by atoms with E-state index < -0.39 is 0 Å². The first-order valence-corrected chi connectivity index (χ1v) is 11.1. The van der Waals surface area contributed by atoms with E-state index in [1.165, 1.54) is 12.1 Å². The molecule has 1 aliphatic heterocycles. The highest BCUT2D eigenvalue weighted by atomic mass is 19.1. The largest absolute Gasteiger partial charge is 0.396 e. The summed E-state index contributed by atoms with van der Waals surface area (Å²) in [6.45, 7) is 2.57. The molecule has 0 saturated carbocycles. The molecule has 1 saturated heterocycles. The van der Waals surface area contributed by atoms with Crippen LogP contribution >= 0.6 is 0 Å². The van der Waals surface area contributed by atoms with Crippen LogP contribution in [0.3, 0.4) is 0 Å². The van der Waals surface area contributed by atoms with E-state index in [0.29, 0.717) is 30.9 Å². The quantitative estimate of drug-likeness (QED) is 0.465. The van der Waals surface area contributed by atoms with Crippen LogP contribution in [-0.2, 0) is 13.0 Å². The van der Waals surface area contributed by atoms with Crippen LogP contribution in [0, 0.1) is 11.7 Å². The molecule has 8 heteroatoms. The summed E-state index contributed by atoms with van der Waals surface area (Å²) in [4.78, 5) is 23.9. The molecule has 172 valence electrons. The van der Waals surface area contributed by atoms with Gasteiger partial charge in [-0.1, -0.05) is 18.2 Å². The standard InChI is InChI=1S/C25H28FN5O2/c26-21-5-1-3-18(13-21)8-11-28-24-22(25(33)29-15-19-4-2-10-27-14-19)6-7-23(30-24)31-12-9-20(16-31)17-32/h1-7,10,13-14,20,32H,8-9,11-12,15-17H2,(H,28,30)(H,29,33)/t20-/m0/s1. The lowest BCUT2D eigenvalue weighted by Gasteiger charge is -2.20. The number of benzene rings is 1. The fourth-order valence-electron chi connectivity index (χ4n) is 3.93. The Morgan fingerprint density at radius 3 is 2.82 bits per heavy atom. The Bertz CT molecular complexity index is 1080. The molecule has 3 aromatic rings. The van der Waals surface area contributed by atoms with Crippen LogP contribution in [-0.4, -0.2) is 47.2 Å². The number of nitrogens with zero attached hydrogens (tertiary/aromatic N) is 3. The van der Waals surface area contributed by atoms with Crippen molar-refractivity contribution in [2.24, 2.45) is 5.92 Å². The summed E-state index contributed by atoms with van der Waals surface area (Å²) in [5.74, 6) is 0.984. The predicted octanol–water partition coefficient (Wildman–Crippen LogP) is 3.02. The van der Waals surface area contributed by atoms with Gasteiger partial charge in [0.1, 0.15) is 17.5 Å². The number of hydrogen-bond donors (Lipinski definition) is 3. The number of carbonyl (C=O) groups excluding carboxylic acids is 1. The molecular weight excluding hydrogens is 421 g/mol. The molecule has 2 aromatic heterocycles. The second-order valence-corrected chi connectivity index (χ2v) is 8.20. The summed E-state index contributed by atoms with van der Waals surface area (Å²) in [5, 5.41) is 15.6. The highest BCUT2D eigenvalue weighted by molar-refractivity contribution is 5.99. The van der Waals surface area contributed by atoms with Gasteiger partial charge in [0.15, 0.2) is 0 Å². The van der Waals surface area contributed by atoms with E-state index in [9.17, 15) is 14.3 Å². The van der Waals surface area contributed by atoms with Crippen molar-refractivity contribution in [3.63, 3.8) is 0 Å². The molecular formula is C25H28FN5O2. The van der Waals surface area contributed by atoms with E-state index in [-0.39, 0.29) is 24.2 Å². The molecule has 1 atom stereocenters. The maximum Gasteiger partial charge on any atom is 0.255 e. The van der Waals surface area contributed by atoms with Crippen molar-refractivity contribution in [3.8, 4) is 0 Å². The minimum Gasteiger partial charge on any atom is -0.396 e. The van der Waals surface area contributed by atoms with Crippen LogP contribution in [0.15, 0.2) is 60.9 Å². The lowest BCUT2D eigenvalue weighted by molar-refractivity contribution is 0.0951. The summed E-state index contributed by atoms with van der Waals surface area (Å²) in [6.07, 6.45) is 4.91. The molecule has 3 heterocycles. The van der Waals surface area contributed by atoms with Crippen LogP contribution in [0.1, 0.15) is 27.9 Å². The molecule has 4 rings (SSSR count). The third kappa shape index (κ3) is 6.04. The van der Waals surface area contributed by atoms with Gasteiger partial charge in [-0.25, -0.2) is 9.37 Å². The number of rotatable bonds is 9. The van der Waals surface area contributed by atoms with Gasteiger partial charge in [-0.2, -0.15) is 0 Å². The molecule has 0 spiro atoms. The van der Waals surface area contributed by atoms with Gasteiger partial charge in [0.05, 0.1) is 5.56 Å². The first-order valence-electron chi connectivity index (χ1n) is 11.1. The highest BCUT2D eigenvalue weighted by Gasteiger charge is 2.24. The SMILES string of the molecule is O=C(NCc1cccnc1)c1ccc(N2CC[C@H](CO)C2)nc1NCCc1cccc(F)c1. The second-order valence-electron chi connectivity index (χ2n) is 8.20. The number of pyridine rings is 2. The number of nitrogens with one attached hydrogen (secondary N) is 2. The number of carbonyl (C=O) groups is 1. The first-order chi connectivity index (χ1) is 16.1. The van der Waals surface area contributed by atoms with Crippen molar-refractivity contribution < 1.29 is 14.3 Å². The molecule has 7 nitrogen and oxygen atoms in total. The monoisotopic (exact) mass is 449 g/mol. The minimum atomic E-state index is -0.268. The Kier molecular flexibility index (Phi) is 7.47. The van der Waals surface area contributed by atoms with Crippen molar-refractivity contribution in [1.29, 1.82) is 0 Å². The smallest absolute Gasteiger partial charge is 0.255 e. The molecule has 3 N–H and O–H groups in total. The van der Waals surface area contributed by atoms with Gasteiger partial charge in [-0.15, -0.1) is 0 Å². The van der Waals surface area contributed by atoms with Gasteiger partial charge < -0.3 is 20.6 Å². The van der Waals surface area contributed by atoms with E-state index in [0.717, 1.165) is 36.5 Å². The van der Waals surface area contributed by atoms with Gasteiger partial charge >= 0.3 is 0 Å². The van der Waals surface area contributed by atoms with Gasteiger partial charge in [-0.05, 0) is 54.3 Å². The third-order valence-corrected chi connectivity index (χ3v) is 5.76. The second kappa shape index (κ2) is 10.9. The molecule has 1 aliphatic rings. The maximum absolute atomic E-state index is 13.5. The normalized spacial score (nSPS) is 15.5. The predicted molar refractivity (Wildman–Crippen MR) is 126 cm³/mol. The van der Waals surface area contributed by atoms with Crippen LogP contribution in [0.4, 0.5) is 16.0 Å². The highest BCUT2D eigenvalue weighted by Crippen LogP contribution is 2.25. The lowest BCUT2D eigenvalue weighted by atomic mass is 10.1. The van der Waals surface area contributed by atoms with Crippen LogP contribution in [0.5, 0.6) is 0 Å². The number of anilines is 2. The van der Waals surface area contributed by atoms with E-state index in [2.05, 4.69) is 20.5 Å². The van der Waals surface area contributed by atoms with Gasteiger partial charge in [0, 0.05) is 51.1 Å². The van der Waals surface area contributed by atoms with Gasteiger partial charge in [0.2, 0.25) is 0 Å². The zero-order valence-electron chi connectivity index (χ0n) is 18.4. The van der Waals surface area contributed by atoms with Crippen molar-refractivity contribution in [1.82, 2.24) is 15.3 Å². The fourth-order valence-corrected chi connectivity index (χ4v) is 3.93. The van der Waals surface area contributed by atoms with Crippen molar-refractivity contribution in [2.75, 3.05) is 36.5 Å². The average Bonchev–Trinajstić information content (AvgIpc) is 3.33. The van der Waals surface area contributed by atoms with Crippen molar-refractivity contribution >= 4 is 17.5 Å². The molecule has 1 amide bonds. The summed E-state index contributed by atoms with van der Waals surface area (Å²) in [5.41, 5.74) is 2.22. The Morgan fingerprint density at radius 1 is 1.18 bits per heavy atom. The molecule has 0 radical (unpaired) electrons. The van der Waals surface area contributed by atoms with Crippen LogP contribution in [0.2, 0.25) is 0 Å². The topological polar surface area (TPSA) is 90.4 Å². The average molecular weight is 450 g/mol. The molecule has 0 bridgehead atoms. The number of hydrogen-bond acceptors (Lipinski definition) is 6. The Hall–Kier alpha value is -3.52.